The number of halogens is 3. The fourth-order valence-corrected chi connectivity index (χ4v) is 3.59. The van der Waals surface area contributed by atoms with Crippen molar-refractivity contribution in [3.63, 3.8) is 0 Å². The molecular weight excluding hydrogens is 364 g/mol. The maximum atomic E-state index is 13.8. The van der Waals surface area contributed by atoms with Gasteiger partial charge in [-0.05, 0) is 35.9 Å². The molecule has 2 rings (SSSR count). The average molecular weight is 376 g/mol. The van der Waals surface area contributed by atoms with Crippen molar-refractivity contribution in [1.29, 1.82) is 0 Å². The van der Waals surface area contributed by atoms with Crippen LogP contribution >= 0.6 is 15.9 Å². The second-order valence-corrected chi connectivity index (χ2v) is 6.50. The van der Waals surface area contributed by atoms with Crippen LogP contribution in [-0.4, -0.2) is 11.3 Å². The van der Waals surface area contributed by atoms with Crippen molar-refractivity contribution in [2.24, 2.45) is 0 Å². The number of rotatable bonds is 4. The summed E-state index contributed by atoms with van der Waals surface area (Å²) in [5.74, 6) is -1.30. The molecule has 1 atom stereocenters. The molecule has 112 valence electrons. The van der Waals surface area contributed by atoms with E-state index in [1.807, 2.05) is 0 Å². The molecule has 1 unspecified atom stereocenters. The van der Waals surface area contributed by atoms with Crippen LogP contribution in [0.3, 0.4) is 0 Å². The lowest BCUT2D eigenvalue weighted by atomic mass is 10.2. The van der Waals surface area contributed by atoms with Crippen LogP contribution < -0.4 is 10.5 Å². The molecule has 0 amide bonds. The van der Waals surface area contributed by atoms with E-state index in [1.165, 1.54) is 7.11 Å². The fraction of sp³-hybridized carbons (Fsp3) is 0.143. The van der Waals surface area contributed by atoms with Gasteiger partial charge < -0.3 is 10.5 Å². The molecule has 0 saturated carbocycles. The minimum atomic E-state index is -1.88. The van der Waals surface area contributed by atoms with Gasteiger partial charge in [-0.1, -0.05) is 15.9 Å². The SMILES string of the molecule is COc1ccc(Br)c(CS(=O)c2c(F)cc(N)cc2F)c1. The maximum absolute atomic E-state index is 13.8. The molecular formula is C14H12BrF2NO2S. The van der Waals surface area contributed by atoms with Crippen molar-refractivity contribution in [2.45, 2.75) is 10.6 Å². The van der Waals surface area contributed by atoms with Crippen molar-refractivity contribution in [3.8, 4) is 5.75 Å². The van der Waals surface area contributed by atoms with Crippen molar-refractivity contribution in [2.75, 3.05) is 12.8 Å². The fourth-order valence-electron chi connectivity index (χ4n) is 1.80. The van der Waals surface area contributed by atoms with E-state index in [4.69, 9.17) is 10.5 Å². The van der Waals surface area contributed by atoms with Gasteiger partial charge in [0, 0.05) is 10.2 Å². The van der Waals surface area contributed by atoms with E-state index in [2.05, 4.69) is 15.9 Å². The molecule has 0 bridgehead atoms. The zero-order valence-corrected chi connectivity index (χ0v) is 13.4. The van der Waals surface area contributed by atoms with Crippen molar-refractivity contribution in [1.82, 2.24) is 0 Å². The molecule has 0 heterocycles. The lowest BCUT2D eigenvalue weighted by Gasteiger charge is -2.09. The van der Waals surface area contributed by atoms with Gasteiger partial charge in [-0.15, -0.1) is 0 Å². The van der Waals surface area contributed by atoms with Crippen LogP contribution in [0.1, 0.15) is 5.56 Å². The second-order valence-electron chi connectivity index (χ2n) is 4.26. The van der Waals surface area contributed by atoms with Crippen LogP contribution in [0.25, 0.3) is 0 Å². The van der Waals surface area contributed by atoms with Crippen LogP contribution in [0.2, 0.25) is 0 Å². The van der Waals surface area contributed by atoms with Gasteiger partial charge in [-0.25, -0.2) is 8.78 Å². The molecule has 0 aliphatic heterocycles. The van der Waals surface area contributed by atoms with Gasteiger partial charge in [0.25, 0.3) is 0 Å². The second kappa shape index (κ2) is 6.53. The lowest BCUT2D eigenvalue weighted by molar-refractivity contribution is 0.414. The minimum absolute atomic E-state index is 0.0461. The summed E-state index contributed by atoms with van der Waals surface area (Å²) in [5.41, 5.74) is 5.92. The summed E-state index contributed by atoms with van der Waals surface area (Å²) in [6.45, 7) is 0. The maximum Gasteiger partial charge on any atom is 0.144 e. The topological polar surface area (TPSA) is 52.3 Å². The predicted octanol–water partition coefficient (Wildman–Crippen LogP) is 3.63. The molecule has 0 saturated heterocycles. The number of hydrogen-bond donors (Lipinski definition) is 1. The molecule has 3 nitrogen and oxygen atoms in total. The van der Waals surface area contributed by atoms with Gasteiger partial charge in [0.15, 0.2) is 0 Å². The molecule has 0 radical (unpaired) electrons. The quantitative estimate of drug-likeness (QED) is 0.830. The Morgan fingerprint density at radius 1 is 1.24 bits per heavy atom. The van der Waals surface area contributed by atoms with Crippen molar-refractivity contribution < 1.29 is 17.7 Å². The molecule has 7 heteroatoms. The van der Waals surface area contributed by atoms with E-state index in [0.717, 1.165) is 12.1 Å². The third-order valence-electron chi connectivity index (χ3n) is 2.79. The van der Waals surface area contributed by atoms with E-state index in [0.29, 0.717) is 15.8 Å². The van der Waals surface area contributed by atoms with E-state index in [1.54, 1.807) is 18.2 Å². The van der Waals surface area contributed by atoms with E-state index < -0.39 is 27.3 Å². The van der Waals surface area contributed by atoms with Crippen LogP contribution in [0, 0.1) is 11.6 Å². The van der Waals surface area contributed by atoms with Crippen molar-refractivity contribution in [3.05, 3.63) is 52.0 Å². The zero-order valence-electron chi connectivity index (χ0n) is 11.0. The molecule has 0 aromatic heterocycles. The Labute approximate surface area is 131 Å². The van der Waals surface area contributed by atoms with Crippen LogP contribution in [0.5, 0.6) is 5.75 Å². The predicted molar refractivity (Wildman–Crippen MR) is 81.6 cm³/mol. The molecule has 21 heavy (non-hydrogen) atoms. The number of ether oxygens (including phenoxy) is 1. The number of benzene rings is 2. The number of anilines is 1. The third kappa shape index (κ3) is 3.59. The van der Waals surface area contributed by atoms with Gasteiger partial charge in [0.2, 0.25) is 0 Å². The zero-order chi connectivity index (χ0) is 15.6. The summed E-state index contributed by atoms with van der Waals surface area (Å²) in [7, 11) is -0.374. The monoisotopic (exact) mass is 375 g/mol. The number of nitrogens with two attached hydrogens (primary N) is 1. The summed E-state index contributed by atoms with van der Waals surface area (Å²) in [4.78, 5) is -0.473. The molecule has 0 aliphatic carbocycles. The summed E-state index contributed by atoms with van der Waals surface area (Å²) in [6.07, 6.45) is 0. The van der Waals surface area contributed by atoms with Crippen molar-refractivity contribution >= 4 is 32.4 Å². The van der Waals surface area contributed by atoms with Gasteiger partial charge in [0.1, 0.15) is 22.3 Å². The number of nitrogen functional groups attached to an aromatic ring is 1. The summed E-state index contributed by atoms with van der Waals surface area (Å²) in [6, 6.07) is 7.02. The summed E-state index contributed by atoms with van der Waals surface area (Å²) >= 11 is 3.31. The van der Waals surface area contributed by atoms with Gasteiger partial charge in [0.05, 0.1) is 23.7 Å². The normalized spacial score (nSPS) is 12.2. The average Bonchev–Trinajstić information content (AvgIpc) is 2.40. The Morgan fingerprint density at radius 2 is 1.86 bits per heavy atom. The molecule has 2 aromatic rings. The highest BCUT2D eigenvalue weighted by Crippen LogP contribution is 2.27. The third-order valence-corrected chi connectivity index (χ3v) is 4.98. The first-order valence-electron chi connectivity index (χ1n) is 5.87. The van der Waals surface area contributed by atoms with Crippen LogP contribution in [0.4, 0.5) is 14.5 Å². The molecule has 0 spiro atoms. The van der Waals surface area contributed by atoms with Crippen LogP contribution in [-0.2, 0) is 16.6 Å². The molecule has 0 fully saturated rings. The lowest BCUT2D eigenvalue weighted by Crippen LogP contribution is -2.04. The number of hydrogen-bond acceptors (Lipinski definition) is 3. The first kappa shape index (κ1) is 15.9. The van der Waals surface area contributed by atoms with E-state index >= 15 is 0 Å². The largest absolute Gasteiger partial charge is 0.497 e. The Morgan fingerprint density at radius 3 is 2.43 bits per heavy atom. The first-order chi connectivity index (χ1) is 9.92. The van der Waals surface area contributed by atoms with Gasteiger partial charge in [-0.2, -0.15) is 0 Å². The van der Waals surface area contributed by atoms with Gasteiger partial charge >= 0.3 is 0 Å². The highest BCUT2D eigenvalue weighted by Gasteiger charge is 2.18. The molecule has 2 N–H and O–H groups in total. The highest BCUT2D eigenvalue weighted by atomic mass is 79.9. The Bertz CT molecular complexity index is 686. The van der Waals surface area contributed by atoms with Crippen LogP contribution in [0.15, 0.2) is 39.7 Å². The minimum Gasteiger partial charge on any atom is -0.497 e. The summed E-state index contributed by atoms with van der Waals surface area (Å²) < 4.78 is 45.5. The van der Waals surface area contributed by atoms with E-state index in [9.17, 15) is 13.0 Å². The molecule has 0 aliphatic rings. The Balaban J connectivity index is 2.35. The van der Waals surface area contributed by atoms with Gasteiger partial charge in [-0.3, -0.25) is 4.21 Å². The highest BCUT2D eigenvalue weighted by molar-refractivity contribution is 9.10. The first-order valence-corrected chi connectivity index (χ1v) is 7.99. The standard InChI is InChI=1S/C14H12BrF2NO2S/c1-20-10-2-3-11(15)8(4-10)7-21(19)14-12(16)5-9(18)6-13(14)17/h2-6H,7,18H2,1H3. The smallest absolute Gasteiger partial charge is 0.144 e. The Kier molecular flexibility index (Phi) is 4.95. The Hall–Kier alpha value is -1.47. The molecule has 2 aromatic carbocycles. The number of methoxy groups -OCH3 is 1. The van der Waals surface area contributed by atoms with E-state index in [-0.39, 0.29) is 11.4 Å². The summed E-state index contributed by atoms with van der Waals surface area (Å²) in [5, 5.41) is 0.